The molecule has 0 radical (unpaired) electrons. The fourth-order valence-corrected chi connectivity index (χ4v) is 2.33. The Hall–Kier alpha value is -2.80. The molecule has 7 nitrogen and oxygen atoms in total. The monoisotopic (exact) mass is 351 g/mol. The summed E-state index contributed by atoms with van der Waals surface area (Å²) in [7, 11) is 3.46. The van der Waals surface area contributed by atoms with Gasteiger partial charge in [-0.2, -0.15) is 0 Å². The Kier molecular flexibility index (Phi) is 5.25. The first kappa shape index (κ1) is 17.6. The first-order valence-corrected chi connectivity index (χ1v) is 7.09. The molecule has 0 aliphatic carbocycles. The fourth-order valence-electron chi connectivity index (χ4n) is 2.20. The minimum absolute atomic E-state index is 0.118. The van der Waals surface area contributed by atoms with Gasteiger partial charge in [-0.05, 0) is 17.7 Å². The maximum absolute atomic E-state index is 12.2. The molecule has 0 aliphatic rings. The van der Waals surface area contributed by atoms with Crippen LogP contribution in [0.25, 0.3) is 11.3 Å². The number of halogens is 1. The summed E-state index contributed by atoms with van der Waals surface area (Å²) < 4.78 is 14.1. The second-order valence-corrected chi connectivity index (χ2v) is 5.04. The number of carbonyl (C=O) groups excluding carboxylic acids is 3. The largest absolute Gasteiger partial charge is 0.465 e. The highest BCUT2D eigenvalue weighted by Gasteiger charge is 2.33. The lowest BCUT2D eigenvalue weighted by atomic mass is 10.0. The molecule has 0 fully saturated rings. The molecule has 0 saturated carbocycles. The van der Waals surface area contributed by atoms with Crippen LogP contribution in [0.2, 0.25) is 5.02 Å². The highest BCUT2D eigenvalue weighted by molar-refractivity contribution is 6.30. The summed E-state index contributed by atoms with van der Waals surface area (Å²) in [6.07, 6.45) is 0. The van der Waals surface area contributed by atoms with Crippen molar-refractivity contribution in [1.29, 1.82) is 0 Å². The predicted molar refractivity (Wildman–Crippen MR) is 85.3 cm³/mol. The fraction of sp³-hybridized carbons (Fsp3) is 0.188. The molecule has 1 aromatic heterocycles. The lowest BCUT2D eigenvalue weighted by Gasteiger charge is -2.05. The molecule has 0 aliphatic heterocycles. The second kappa shape index (κ2) is 7.18. The molecule has 2 aromatic rings. The zero-order valence-corrected chi connectivity index (χ0v) is 13.9. The van der Waals surface area contributed by atoms with Crippen molar-refractivity contribution in [2.24, 2.45) is 0 Å². The van der Waals surface area contributed by atoms with Crippen LogP contribution in [-0.4, -0.2) is 44.2 Å². The quantitative estimate of drug-likeness (QED) is 0.672. The van der Waals surface area contributed by atoms with Crippen LogP contribution in [0.1, 0.15) is 31.2 Å². The van der Waals surface area contributed by atoms with E-state index in [1.807, 2.05) is 0 Å². The summed E-state index contributed by atoms with van der Waals surface area (Å²) in [5.41, 5.74) is 0.183. The lowest BCUT2D eigenvalue weighted by Crippen LogP contribution is -2.14. The number of aromatic nitrogens is 1. The third-order valence-electron chi connectivity index (χ3n) is 3.30. The van der Waals surface area contributed by atoms with Crippen molar-refractivity contribution in [3.05, 3.63) is 46.1 Å². The Labute approximate surface area is 142 Å². The van der Waals surface area contributed by atoms with Gasteiger partial charge in [-0.3, -0.25) is 0 Å². The zero-order chi connectivity index (χ0) is 17.9. The molecule has 0 saturated heterocycles. The van der Waals surface area contributed by atoms with Gasteiger partial charge in [-0.1, -0.05) is 23.7 Å². The van der Waals surface area contributed by atoms with E-state index >= 15 is 0 Å². The van der Waals surface area contributed by atoms with E-state index in [4.69, 9.17) is 16.3 Å². The van der Waals surface area contributed by atoms with E-state index in [2.05, 4.69) is 14.5 Å². The number of H-pyrrole nitrogens is 1. The molecule has 126 valence electrons. The number of methoxy groups -OCH3 is 3. The number of nitrogens with one attached hydrogen (secondary N) is 1. The molecular weight excluding hydrogens is 338 g/mol. The average Bonchev–Trinajstić information content (AvgIpc) is 3.00. The Morgan fingerprint density at radius 3 is 1.83 bits per heavy atom. The number of hydrogen-bond acceptors (Lipinski definition) is 6. The Bertz CT molecular complexity index is 794. The molecule has 0 spiro atoms. The van der Waals surface area contributed by atoms with Gasteiger partial charge in [0.15, 0.2) is 0 Å². The van der Waals surface area contributed by atoms with Crippen LogP contribution < -0.4 is 0 Å². The second-order valence-electron chi connectivity index (χ2n) is 4.61. The highest BCUT2D eigenvalue weighted by atomic mass is 35.5. The van der Waals surface area contributed by atoms with Gasteiger partial charge in [-0.25, -0.2) is 14.4 Å². The molecule has 2 rings (SSSR count). The van der Waals surface area contributed by atoms with E-state index in [1.54, 1.807) is 24.3 Å². The topological polar surface area (TPSA) is 94.7 Å². The van der Waals surface area contributed by atoms with Crippen molar-refractivity contribution in [2.45, 2.75) is 0 Å². The molecule has 8 heteroatoms. The Morgan fingerprint density at radius 2 is 1.33 bits per heavy atom. The number of ether oxygens (including phenoxy) is 3. The molecular formula is C16H14ClNO6. The van der Waals surface area contributed by atoms with Gasteiger partial charge < -0.3 is 19.2 Å². The van der Waals surface area contributed by atoms with Gasteiger partial charge in [0.05, 0.1) is 27.0 Å². The van der Waals surface area contributed by atoms with Crippen LogP contribution in [0.3, 0.4) is 0 Å². The van der Waals surface area contributed by atoms with Gasteiger partial charge >= 0.3 is 17.9 Å². The average molecular weight is 352 g/mol. The Balaban J connectivity index is 2.80. The SMILES string of the molecule is COC(=O)c1[nH]c(-c2ccc(Cl)cc2)c(C(=O)OC)c1C(=O)OC. The van der Waals surface area contributed by atoms with Crippen LogP contribution >= 0.6 is 11.6 Å². The molecule has 0 atom stereocenters. The summed E-state index contributed by atoms with van der Waals surface area (Å²) in [5, 5.41) is 0.492. The normalized spacial score (nSPS) is 10.2. The number of carbonyl (C=O) groups is 3. The van der Waals surface area contributed by atoms with Crippen LogP contribution in [-0.2, 0) is 14.2 Å². The van der Waals surface area contributed by atoms with E-state index in [0.29, 0.717) is 10.6 Å². The van der Waals surface area contributed by atoms with Crippen LogP contribution in [0.5, 0.6) is 0 Å². The number of esters is 3. The minimum atomic E-state index is -0.868. The van der Waals surface area contributed by atoms with Gasteiger partial charge in [-0.15, -0.1) is 0 Å². The molecule has 24 heavy (non-hydrogen) atoms. The van der Waals surface area contributed by atoms with E-state index in [-0.39, 0.29) is 22.5 Å². The van der Waals surface area contributed by atoms with Crippen LogP contribution in [0, 0.1) is 0 Å². The van der Waals surface area contributed by atoms with Crippen molar-refractivity contribution in [1.82, 2.24) is 4.98 Å². The van der Waals surface area contributed by atoms with E-state index in [0.717, 1.165) is 14.2 Å². The third kappa shape index (κ3) is 3.11. The van der Waals surface area contributed by atoms with Crippen molar-refractivity contribution in [3.63, 3.8) is 0 Å². The Morgan fingerprint density at radius 1 is 0.833 bits per heavy atom. The van der Waals surface area contributed by atoms with Gasteiger partial charge in [0.1, 0.15) is 16.8 Å². The molecule has 0 bridgehead atoms. The molecule has 1 aromatic carbocycles. The molecule has 1 heterocycles. The lowest BCUT2D eigenvalue weighted by molar-refractivity contribution is 0.0537. The zero-order valence-electron chi connectivity index (χ0n) is 13.1. The summed E-state index contributed by atoms with van der Waals surface area (Å²) in [6, 6.07) is 6.47. The standard InChI is InChI=1S/C16H14ClNO6/c1-22-14(19)10-11(15(20)23-2)13(16(21)24-3)18-12(10)8-4-6-9(17)7-5-8/h4-7,18H,1-3H3. The number of hydrogen-bond donors (Lipinski definition) is 1. The summed E-state index contributed by atoms with van der Waals surface area (Å²) >= 11 is 5.86. The summed E-state index contributed by atoms with van der Waals surface area (Å²) in [4.78, 5) is 39.1. The maximum Gasteiger partial charge on any atom is 0.355 e. The van der Waals surface area contributed by atoms with Gasteiger partial charge in [0.2, 0.25) is 0 Å². The first-order valence-electron chi connectivity index (χ1n) is 6.71. The van der Waals surface area contributed by atoms with Crippen molar-refractivity contribution in [3.8, 4) is 11.3 Å². The van der Waals surface area contributed by atoms with Crippen molar-refractivity contribution in [2.75, 3.05) is 21.3 Å². The van der Waals surface area contributed by atoms with Crippen molar-refractivity contribution >= 4 is 29.5 Å². The maximum atomic E-state index is 12.2. The summed E-state index contributed by atoms with van der Waals surface area (Å²) in [5.74, 6) is -2.49. The van der Waals surface area contributed by atoms with Crippen LogP contribution in [0.15, 0.2) is 24.3 Å². The van der Waals surface area contributed by atoms with Crippen molar-refractivity contribution < 1.29 is 28.6 Å². The third-order valence-corrected chi connectivity index (χ3v) is 3.55. The van der Waals surface area contributed by atoms with Crippen LogP contribution in [0.4, 0.5) is 0 Å². The van der Waals surface area contributed by atoms with E-state index < -0.39 is 17.9 Å². The molecule has 1 N–H and O–H groups in total. The summed E-state index contributed by atoms with van der Waals surface area (Å²) in [6.45, 7) is 0. The van der Waals surface area contributed by atoms with Gasteiger partial charge in [0, 0.05) is 5.02 Å². The number of rotatable bonds is 4. The minimum Gasteiger partial charge on any atom is -0.465 e. The van der Waals surface area contributed by atoms with E-state index in [1.165, 1.54) is 7.11 Å². The van der Waals surface area contributed by atoms with Gasteiger partial charge in [0.25, 0.3) is 0 Å². The predicted octanol–water partition coefficient (Wildman–Crippen LogP) is 2.69. The smallest absolute Gasteiger partial charge is 0.355 e. The molecule has 0 amide bonds. The van der Waals surface area contributed by atoms with E-state index in [9.17, 15) is 14.4 Å². The first-order chi connectivity index (χ1) is 11.4. The number of aromatic amines is 1. The molecule has 0 unspecified atom stereocenters. The highest BCUT2D eigenvalue weighted by Crippen LogP contribution is 2.31. The number of benzene rings is 1.